The fraction of sp³-hybridized carbons (Fsp3) is 0.316. The molecule has 1 aromatic carbocycles. The highest BCUT2D eigenvalue weighted by Gasteiger charge is 2.45. The number of thiocarbonyl (C=S) groups is 1. The van der Waals surface area contributed by atoms with Crippen LogP contribution in [-0.2, 0) is 11.0 Å². The van der Waals surface area contributed by atoms with Gasteiger partial charge in [0.2, 0.25) is 5.88 Å². The zero-order valence-electron chi connectivity index (χ0n) is 15.5. The second-order valence-corrected chi connectivity index (χ2v) is 8.19. The largest absolute Gasteiger partial charge is 0.436 e. The summed E-state index contributed by atoms with van der Waals surface area (Å²) in [6, 6.07) is 2.28. The van der Waals surface area contributed by atoms with E-state index in [0.717, 1.165) is 29.9 Å². The summed E-state index contributed by atoms with van der Waals surface area (Å²) in [6.07, 6.45) is -1.74. The third-order valence-electron chi connectivity index (χ3n) is 5.03. The van der Waals surface area contributed by atoms with Gasteiger partial charge in [0.05, 0.1) is 16.3 Å². The fourth-order valence-corrected chi connectivity index (χ4v) is 4.34. The summed E-state index contributed by atoms with van der Waals surface area (Å²) in [5.41, 5.74) is -1.23. The van der Waals surface area contributed by atoms with Crippen LogP contribution in [0, 0.1) is 5.82 Å². The predicted octanol–water partition coefficient (Wildman–Crippen LogP) is 5.82. The van der Waals surface area contributed by atoms with Crippen LogP contribution in [0.2, 0.25) is 10.0 Å². The smallest absolute Gasteiger partial charge is 0.417 e. The number of amides is 1. The van der Waals surface area contributed by atoms with Crippen LogP contribution in [0.25, 0.3) is 0 Å². The van der Waals surface area contributed by atoms with Crippen LogP contribution in [0.3, 0.4) is 0 Å². The lowest BCUT2D eigenvalue weighted by Gasteiger charge is -2.27. The van der Waals surface area contributed by atoms with Crippen molar-refractivity contribution in [1.82, 2.24) is 9.88 Å². The molecule has 31 heavy (non-hydrogen) atoms. The van der Waals surface area contributed by atoms with Crippen LogP contribution in [0.1, 0.15) is 24.8 Å². The molecule has 2 saturated heterocycles. The molecule has 0 bridgehead atoms. The molecular weight excluding hydrogens is 481 g/mol. The van der Waals surface area contributed by atoms with E-state index < -0.39 is 28.6 Å². The topological polar surface area (TPSA) is 45.7 Å². The van der Waals surface area contributed by atoms with Gasteiger partial charge in [0.15, 0.2) is 5.11 Å². The van der Waals surface area contributed by atoms with E-state index in [-0.39, 0.29) is 33.4 Å². The summed E-state index contributed by atoms with van der Waals surface area (Å²) in [5, 5.41) is -0.427. The first-order valence-corrected chi connectivity index (χ1v) is 10.3. The van der Waals surface area contributed by atoms with Crippen molar-refractivity contribution in [3.8, 4) is 11.6 Å². The molecule has 3 heterocycles. The molecule has 0 aliphatic carbocycles. The molecule has 1 aromatic heterocycles. The molecule has 2 aliphatic rings. The number of nitrogens with zero attached hydrogens (tertiary/aromatic N) is 3. The van der Waals surface area contributed by atoms with Gasteiger partial charge in [-0.15, -0.1) is 0 Å². The molecule has 1 atom stereocenters. The highest BCUT2D eigenvalue weighted by Crippen LogP contribution is 2.40. The molecule has 0 N–H and O–H groups in total. The van der Waals surface area contributed by atoms with Gasteiger partial charge in [-0.3, -0.25) is 9.69 Å². The van der Waals surface area contributed by atoms with Crippen molar-refractivity contribution in [1.29, 1.82) is 0 Å². The molecule has 0 radical (unpaired) electrons. The lowest BCUT2D eigenvalue weighted by molar-refractivity contribution is -0.137. The van der Waals surface area contributed by atoms with Crippen LogP contribution >= 0.6 is 35.4 Å². The standard InChI is InChI=1S/C19H13Cl2F4N3O2S/c20-10-6-12(22)14(28-17(29)13-3-1-2-4-27(13)18(28)31)7-15(10)30-16-11(21)5-9(8-26-16)19(23,24)25/h5-8,13H,1-4H2/t13-/m1/s1. The minimum atomic E-state index is -4.63. The maximum Gasteiger partial charge on any atom is 0.417 e. The van der Waals surface area contributed by atoms with E-state index in [0.29, 0.717) is 25.2 Å². The number of carbonyl (C=O) groups is 1. The first-order valence-electron chi connectivity index (χ1n) is 9.12. The molecule has 2 fully saturated rings. The van der Waals surface area contributed by atoms with Crippen LogP contribution in [0.4, 0.5) is 23.2 Å². The maximum absolute atomic E-state index is 14.7. The second-order valence-electron chi connectivity index (χ2n) is 7.01. The Hall–Kier alpha value is -2.17. The minimum Gasteiger partial charge on any atom is -0.436 e. The van der Waals surface area contributed by atoms with Gasteiger partial charge in [-0.1, -0.05) is 23.2 Å². The molecule has 4 rings (SSSR count). The first-order chi connectivity index (χ1) is 14.6. The molecule has 2 aromatic rings. The Balaban J connectivity index is 1.68. The fourth-order valence-electron chi connectivity index (χ4n) is 3.54. The van der Waals surface area contributed by atoms with E-state index in [1.165, 1.54) is 0 Å². The quantitative estimate of drug-likeness (QED) is 0.397. The Bertz CT molecular complexity index is 1060. The highest BCUT2D eigenvalue weighted by molar-refractivity contribution is 7.80. The summed E-state index contributed by atoms with van der Waals surface area (Å²) < 4.78 is 58.6. The number of pyridine rings is 1. The number of carbonyl (C=O) groups excluding carboxylic acids is 1. The van der Waals surface area contributed by atoms with Crippen LogP contribution in [0.15, 0.2) is 24.4 Å². The van der Waals surface area contributed by atoms with E-state index in [2.05, 4.69) is 4.98 Å². The summed E-state index contributed by atoms with van der Waals surface area (Å²) in [4.78, 5) is 19.3. The van der Waals surface area contributed by atoms with Crippen LogP contribution in [0.5, 0.6) is 11.6 Å². The average Bonchev–Trinajstić information content (AvgIpc) is 2.95. The van der Waals surface area contributed by atoms with Crippen molar-refractivity contribution in [2.75, 3.05) is 11.4 Å². The molecular formula is C19H13Cl2F4N3O2S. The molecule has 12 heteroatoms. The molecule has 0 unspecified atom stereocenters. The van der Waals surface area contributed by atoms with E-state index in [1.807, 2.05) is 0 Å². The summed E-state index contributed by atoms with van der Waals surface area (Å²) >= 11 is 17.3. The summed E-state index contributed by atoms with van der Waals surface area (Å²) in [6.45, 7) is 0.593. The number of aromatic nitrogens is 1. The van der Waals surface area contributed by atoms with Crippen molar-refractivity contribution >= 4 is 52.1 Å². The monoisotopic (exact) mass is 493 g/mol. The SMILES string of the molecule is O=C1[C@H]2CCCCN2C(=S)N1c1cc(Oc2ncc(C(F)(F)F)cc2Cl)c(Cl)cc1F. The van der Waals surface area contributed by atoms with Gasteiger partial charge < -0.3 is 9.64 Å². The lowest BCUT2D eigenvalue weighted by atomic mass is 10.0. The molecule has 2 aliphatic heterocycles. The van der Waals surface area contributed by atoms with E-state index in [4.69, 9.17) is 40.2 Å². The minimum absolute atomic E-state index is 0.146. The Labute approximate surface area is 189 Å². The van der Waals surface area contributed by atoms with Crippen molar-refractivity contribution in [2.24, 2.45) is 0 Å². The average molecular weight is 494 g/mol. The van der Waals surface area contributed by atoms with E-state index >= 15 is 0 Å². The van der Waals surface area contributed by atoms with Gasteiger partial charge >= 0.3 is 6.18 Å². The highest BCUT2D eigenvalue weighted by atomic mass is 35.5. The normalized spacial score (nSPS) is 19.1. The number of fused-ring (bicyclic) bond motifs is 1. The van der Waals surface area contributed by atoms with Gasteiger partial charge in [-0.25, -0.2) is 9.37 Å². The molecule has 0 spiro atoms. The number of hydrogen-bond donors (Lipinski definition) is 0. The van der Waals surface area contributed by atoms with Crippen molar-refractivity contribution in [2.45, 2.75) is 31.5 Å². The Morgan fingerprint density at radius 2 is 1.90 bits per heavy atom. The third kappa shape index (κ3) is 4.04. The Morgan fingerprint density at radius 3 is 2.55 bits per heavy atom. The van der Waals surface area contributed by atoms with Gasteiger partial charge in [-0.05, 0) is 43.6 Å². The summed E-state index contributed by atoms with van der Waals surface area (Å²) in [7, 11) is 0. The first kappa shape index (κ1) is 22.0. The molecule has 0 saturated carbocycles. The maximum atomic E-state index is 14.7. The Morgan fingerprint density at radius 1 is 1.16 bits per heavy atom. The number of benzene rings is 1. The van der Waals surface area contributed by atoms with E-state index in [1.54, 1.807) is 4.90 Å². The van der Waals surface area contributed by atoms with Crippen LogP contribution < -0.4 is 9.64 Å². The predicted molar refractivity (Wildman–Crippen MR) is 110 cm³/mol. The second kappa shape index (κ2) is 8.07. The molecule has 1 amide bonds. The lowest BCUT2D eigenvalue weighted by Crippen LogP contribution is -2.38. The van der Waals surface area contributed by atoms with Gasteiger partial charge in [0.25, 0.3) is 5.91 Å². The van der Waals surface area contributed by atoms with E-state index in [9.17, 15) is 22.4 Å². The zero-order valence-corrected chi connectivity index (χ0v) is 17.9. The van der Waals surface area contributed by atoms with Gasteiger partial charge in [0.1, 0.15) is 22.6 Å². The molecule has 5 nitrogen and oxygen atoms in total. The number of halogens is 6. The zero-order chi connectivity index (χ0) is 22.5. The van der Waals surface area contributed by atoms with Crippen molar-refractivity contribution in [3.63, 3.8) is 0 Å². The number of alkyl halides is 3. The number of ether oxygens (including phenoxy) is 1. The Kier molecular flexibility index (Phi) is 5.74. The van der Waals surface area contributed by atoms with Crippen molar-refractivity contribution in [3.05, 3.63) is 45.8 Å². The van der Waals surface area contributed by atoms with Gasteiger partial charge in [0, 0.05) is 18.8 Å². The summed E-state index contributed by atoms with van der Waals surface area (Å²) in [5.74, 6) is -1.67. The van der Waals surface area contributed by atoms with Crippen molar-refractivity contribution < 1.29 is 27.1 Å². The third-order valence-corrected chi connectivity index (χ3v) is 6.01. The van der Waals surface area contributed by atoms with Crippen LogP contribution in [-0.4, -0.2) is 33.5 Å². The number of anilines is 1. The molecule has 164 valence electrons. The number of rotatable bonds is 3. The van der Waals surface area contributed by atoms with Gasteiger partial charge in [-0.2, -0.15) is 13.2 Å². The number of piperidine rings is 1. The number of hydrogen-bond acceptors (Lipinski definition) is 4.